The Morgan fingerprint density at radius 1 is 1.28 bits per heavy atom. The minimum Gasteiger partial charge on any atom is -0.460 e. The molecule has 0 atom stereocenters. The van der Waals surface area contributed by atoms with Crippen molar-refractivity contribution in [1.29, 1.82) is 0 Å². The highest BCUT2D eigenvalue weighted by molar-refractivity contribution is 5.91. The molecule has 1 aromatic rings. The van der Waals surface area contributed by atoms with Crippen molar-refractivity contribution in [3.05, 3.63) is 30.0 Å². The van der Waals surface area contributed by atoms with E-state index in [1.165, 1.54) is 6.92 Å². The molecule has 0 bridgehead atoms. The normalized spacial score (nSPS) is 12.2. The van der Waals surface area contributed by atoms with Crippen LogP contribution >= 0.6 is 0 Å². The number of esters is 1. The lowest BCUT2D eigenvalue weighted by Gasteiger charge is -2.21. The van der Waals surface area contributed by atoms with Crippen LogP contribution in [0.4, 0.5) is 10.5 Å². The standard InChI is InChI=1S/C18H21NO6/c1-6-12(9-22-11(2)20)13-7-15-16(24-10-23-15)8-14(13)19-17(21)25-18(3,4)5/h7-8H,1,9-10H2,2-5H3,(H,19,21). The summed E-state index contributed by atoms with van der Waals surface area (Å²) in [6.07, 6.45) is -0.622. The first-order chi connectivity index (χ1) is 11.7. The van der Waals surface area contributed by atoms with E-state index in [-0.39, 0.29) is 13.4 Å². The smallest absolute Gasteiger partial charge is 0.412 e. The molecule has 1 aromatic carbocycles. The van der Waals surface area contributed by atoms with E-state index in [2.05, 4.69) is 17.6 Å². The van der Waals surface area contributed by atoms with Crippen molar-refractivity contribution < 1.29 is 28.5 Å². The van der Waals surface area contributed by atoms with Crippen molar-refractivity contribution in [2.75, 3.05) is 18.7 Å². The quantitative estimate of drug-likeness (QED) is 0.663. The lowest BCUT2D eigenvalue weighted by molar-refractivity contribution is -0.139. The number of carbonyl (C=O) groups is 2. The number of carbonyl (C=O) groups excluding carboxylic acids is 2. The van der Waals surface area contributed by atoms with Gasteiger partial charge >= 0.3 is 12.1 Å². The fraction of sp³-hybridized carbons (Fsp3) is 0.389. The van der Waals surface area contributed by atoms with Gasteiger partial charge in [-0.25, -0.2) is 4.79 Å². The highest BCUT2D eigenvalue weighted by atomic mass is 16.7. The molecule has 134 valence electrons. The maximum absolute atomic E-state index is 12.1. The molecule has 1 amide bonds. The fourth-order valence-corrected chi connectivity index (χ4v) is 2.11. The highest BCUT2D eigenvalue weighted by Gasteiger charge is 2.23. The Morgan fingerprint density at radius 2 is 1.92 bits per heavy atom. The van der Waals surface area contributed by atoms with Gasteiger partial charge in [-0.15, -0.1) is 5.73 Å². The van der Waals surface area contributed by atoms with Crippen molar-refractivity contribution in [2.24, 2.45) is 0 Å². The zero-order chi connectivity index (χ0) is 18.6. The van der Waals surface area contributed by atoms with Crippen LogP contribution in [0, 0.1) is 0 Å². The first-order valence-electron chi connectivity index (χ1n) is 7.66. The Hall–Kier alpha value is -2.92. The van der Waals surface area contributed by atoms with Crippen LogP contribution in [0.5, 0.6) is 11.5 Å². The van der Waals surface area contributed by atoms with Crippen LogP contribution in [0.15, 0.2) is 24.4 Å². The molecule has 25 heavy (non-hydrogen) atoms. The highest BCUT2D eigenvalue weighted by Crippen LogP contribution is 2.39. The van der Waals surface area contributed by atoms with Crippen molar-refractivity contribution in [3.63, 3.8) is 0 Å². The van der Waals surface area contributed by atoms with Crippen LogP contribution in [0.2, 0.25) is 0 Å². The first kappa shape index (κ1) is 18.4. The van der Waals surface area contributed by atoms with E-state index in [9.17, 15) is 9.59 Å². The third kappa shape index (κ3) is 5.02. The number of nitrogens with one attached hydrogen (secondary N) is 1. The van der Waals surface area contributed by atoms with Crippen molar-refractivity contribution in [1.82, 2.24) is 0 Å². The van der Waals surface area contributed by atoms with E-state index in [1.54, 1.807) is 32.9 Å². The molecule has 1 N–H and O–H groups in total. The molecular weight excluding hydrogens is 326 g/mol. The molecule has 0 aromatic heterocycles. The molecular formula is C18H21NO6. The Kier molecular flexibility index (Phi) is 5.39. The fourth-order valence-electron chi connectivity index (χ4n) is 2.11. The summed E-state index contributed by atoms with van der Waals surface area (Å²) in [5, 5.41) is 2.67. The summed E-state index contributed by atoms with van der Waals surface area (Å²) in [5.41, 5.74) is 3.53. The predicted octanol–water partition coefficient (Wildman–Crippen LogP) is 3.49. The van der Waals surface area contributed by atoms with Gasteiger partial charge in [0, 0.05) is 24.1 Å². The predicted molar refractivity (Wildman–Crippen MR) is 91.6 cm³/mol. The number of fused-ring (bicyclic) bond motifs is 1. The summed E-state index contributed by atoms with van der Waals surface area (Å²) in [5.74, 6) is 0.571. The zero-order valence-corrected chi connectivity index (χ0v) is 14.7. The average molecular weight is 347 g/mol. The van der Waals surface area contributed by atoms with Gasteiger partial charge in [0.05, 0.1) is 5.69 Å². The lowest BCUT2D eigenvalue weighted by Crippen LogP contribution is -2.27. The average Bonchev–Trinajstić information content (AvgIpc) is 2.92. The minimum absolute atomic E-state index is 0.0402. The SMILES string of the molecule is C=C=C(COC(C)=O)c1cc2c(cc1NC(=O)OC(C)(C)C)OCO2. The molecule has 0 fully saturated rings. The summed E-state index contributed by atoms with van der Waals surface area (Å²) in [6.45, 7) is 10.3. The summed E-state index contributed by atoms with van der Waals surface area (Å²) in [7, 11) is 0. The summed E-state index contributed by atoms with van der Waals surface area (Å²) < 4.78 is 21.0. The van der Waals surface area contributed by atoms with Crippen LogP contribution in [-0.2, 0) is 14.3 Å². The largest absolute Gasteiger partial charge is 0.460 e. The van der Waals surface area contributed by atoms with E-state index >= 15 is 0 Å². The lowest BCUT2D eigenvalue weighted by atomic mass is 10.0. The van der Waals surface area contributed by atoms with Crippen molar-refractivity contribution >= 4 is 23.3 Å². The summed E-state index contributed by atoms with van der Waals surface area (Å²) in [6, 6.07) is 3.29. The molecule has 7 nitrogen and oxygen atoms in total. The molecule has 0 aliphatic carbocycles. The first-order valence-corrected chi connectivity index (χ1v) is 7.66. The van der Waals surface area contributed by atoms with Gasteiger partial charge in [0.25, 0.3) is 0 Å². The number of amides is 1. The third-order valence-corrected chi connectivity index (χ3v) is 3.11. The molecule has 0 saturated heterocycles. The maximum Gasteiger partial charge on any atom is 0.412 e. The van der Waals surface area contributed by atoms with Gasteiger partial charge < -0.3 is 18.9 Å². The van der Waals surface area contributed by atoms with Crippen LogP contribution in [-0.4, -0.2) is 31.1 Å². The molecule has 0 spiro atoms. The minimum atomic E-state index is -0.643. The van der Waals surface area contributed by atoms with Crippen LogP contribution < -0.4 is 14.8 Å². The van der Waals surface area contributed by atoms with Gasteiger partial charge in [0.2, 0.25) is 6.79 Å². The maximum atomic E-state index is 12.1. The number of hydrogen-bond acceptors (Lipinski definition) is 6. The van der Waals surface area contributed by atoms with E-state index in [0.717, 1.165) is 0 Å². The van der Waals surface area contributed by atoms with Crippen molar-refractivity contribution in [2.45, 2.75) is 33.3 Å². The Labute approximate surface area is 146 Å². The van der Waals surface area contributed by atoms with Gasteiger partial charge in [0.15, 0.2) is 11.5 Å². The topological polar surface area (TPSA) is 83.1 Å². The molecule has 0 unspecified atom stereocenters. The van der Waals surface area contributed by atoms with Gasteiger partial charge in [-0.1, -0.05) is 6.58 Å². The van der Waals surface area contributed by atoms with Gasteiger partial charge in [-0.2, -0.15) is 0 Å². The van der Waals surface area contributed by atoms with Crippen LogP contribution in [0.25, 0.3) is 5.57 Å². The second-order valence-electron chi connectivity index (χ2n) is 6.31. The van der Waals surface area contributed by atoms with Crippen LogP contribution in [0.3, 0.4) is 0 Å². The molecule has 1 aliphatic heterocycles. The number of benzene rings is 1. The Morgan fingerprint density at radius 3 is 2.48 bits per heavy atom. The Bertz CT molecular complexity index is 741. The monoisotopic (exact) mass is 347 g/mol. The van der Waals surface area contributed by atoms with E-state index < -0.39 is 17.7 Å². The molecule has 0 saturated carbocycles. The number of ether oxygens (including phenoxy) is 4. The Balaban J connectivity index is 2.35. The summed E-state index contributed by atoms with van der Waals surface area (Å²) >= 11 is 0. The number of hydrogen-bond donors (Lipinski definition) is 1. The second kappa shape index (κ2) is 7.32. The molecule has 7 heteroatoms. The zero-order valence-electron chi connectivity index (χ0n) is 14.7. The van der Waals surface area contributed by atoms with E-state index in [0.29, 0.717) is 28.3 Å². The summed E-state index contributed by atoms with van der Waals surface area (Å²) in [4.78, 5) is 23.2. The van der Waals surface area contributed by atoms with Gasteiger partial charge in [0.1, 0.15) is 12.2 Å². The number of anilines is 1. The van der Waals surface area contributed by atoms with Gasteiger partial charge in [-0.05, 0) is 26.8 Å². The van der Waals surface area contributed by atoms with Crippen molar-refractivity contribution in [3.8, 4) is 11.5 Å². The van der Waals surface area contributed by atoms with E-state index in [1.807, 2.05) is 0 Å². The number of rotatable bonds is 4. The molecule has 1 heterocycles. The van der Waals surface area contributed by atoms with Crippen LogP contribution in [0.1, 0.15) is 33.3 Å². The molecule has 2 rings (SSSR count). The molecule has 1 aliphatic rings. The van der Waals surface area contributed by atoms with E-state index in [4.69, 9.17) is 18.9 Å². The van der Waals surface area contributed by atoms with Gasteiger partial charge in [-0.3, -0.25) is 10.1 Å². The third-order valence-electron chi connectivity index (χ3n) is 3.11. The second-order valence-corrected chi connectivity index (χ2v) is 6.31. The molecule has 0 radical (unpaired) electrons.